The van der Waals surface area contributed by atoms with Crippen molar-refractivity contribution in [2.24, 2.45) is 0 Å². The van der Waals surface area contributed by atoms with E-state index in [1.54, 1.807) is 12.1 Å². The number of nitrogens with one attached hydrogen (secondary N) is 1. The van der Waals surface area contributed by atoms with Gasteiger partial charge in [-0.2, -0.15) is 5.26 Å². The molecule has 1 heterocycles. The first-order chi connectivity index (χ1) is 9.12. The zero-order valence-corrected chi connectivity index (χ0v) is 10.4. The lowest BCUT2D eigenvalue weighted by Crippen LogP contribution is -2.09. The number of aldehydes is 1. The summed E-state index contributed by atoms with van der Waals surface area (Å²) in [5.74, 6) is 0.106. The van der Waals surface area contributed by atoms with Gasteiger partial charge in [-0.05, 0) is 12.1 Å². The summed E-state index contributed by atoms with van der Waals surface area (Å²) in [6, 6.07) is 7.84. The Morgan fingerprint density at radius 2 is 2.21 bits per heavy atom. The molecule has 19 heavy (non-hydrogen) atoms. The van der Waals surface area contributed by atoms with Crippen molar-refractivity contribution in [2.45, 2.75) is 10.1 Å². The monoisotopic (exact) mass is 272 g/mol. The van der Waals surface area contributed by atoms with Crippen LogP contribution in [0.1, 0.15) is 15.9 Å². The molecule has 2 rings (SSSR count). The number of carbonyl (C=O) groups excluding carboxylic acids is 1. The molecule has 3 N–H and O–H groups in total. The molecule has 0 amide bonds. The van der Waals surface area contributed by atoms with Crippen LogP contribution in [-0.2, 0) is 0 Å². The van der Waals surface area contributed by atoms with E-state index < -0.39 is 0 Å². The number of nitrogens with two attached hydrogens (primary N) is 1. The van der Waals surface area contributed by atoms with Crippen LogP contribution in [0.4, 0.5) is 5.82 Å². The third-order valence-electron chi connectivity index (χ3n) is 2.21. The van der Waals surface area contributed by atoms with Crippen molar-refractivity contribution in [1.82, 2.24) is 9.97 Å². The van der Waals surface area contributed by atoms with E-state index >= 15 is 0 Å². The smallest absolute Gasteiger partial charge is 0.253 e. The number of benzene rings is 1. The van der Waals surface area contributed by atoms with Crippen molar-refractivity contribution in [3.63, 3.8) is 0 Å². The molecule has 1 aromatic carbocycles. The topological polar surface area (TPSA) is 113 Å². The average molecular weight is 272 g/mol. The minimum atomic E-state index is -0.363. The number of anilines is 1. The van der Waals surface area contributed by atoms with Gasteiger partial charge in [0, 0.05) is 16.5 Å². The highest BCUT2D eigenvalue weighted by Crippen LogP contribution is 2.27. The third kappa shape index (κ3) is 3.00. The van der Waals surface area contributed by atoms with Gasteiger partial charge in [0.05, 0.1) is 5.56 Å². The summed E-state index contributed by atoms with van der Waals surface area (Å²) in [6.07, 6.45) is 0.663. The Hall–Kier alpha value is -2.59. The van der Waals surface area contributed by atoms with Crippen LogP contribution in [-0.4, -0.2) is 16.3 Å². The molecule has 1 aromatic heterocycles. The van der Waals surface area contributed by atoms with Crippen molar-refractivity contribution < 1.29 is 4.79 Å². The molecule has 94 valence electrons. The Morgan fingerprint density at radius 3 is 2.84 bits per heavy atom. The number of hydrogen-bond donors (Lipinski definition) is 2. The first-order valence-electron chi connectivity index (χ1n) is 5.16. The Kier molecular flexibility index (Phi) is 3.63. The van der Waals surface area contributed by atoms with Gasteiger partial charge in [-0.15, -0.1) is 0 Å². The standard InChI is InChI=1S/C12H8N4O2S/c13-5-8-3-7(6-17)1-2-9(8)19-12-15-10(14)4-11(18)16-12/h1-4,6H,(H3,14,15,16,18). The second kappa shape index (κ2) is 5.37. The molecule has 0 atom stereocenters. The van der Waals surface area contributed by atoms with Crippen molar-refractivity contribution in [3.05, 3.63) is 45.7 Å². The van der Waals surface area contributed by atoms with Gasteiger partial charge in [0.25, 0.3) is 5.56 Å². The SMILES string of the molecule is N#Cc1cc(C=O)ccc1Sc1nc(N)cc(=O)[nH]1. The molecule has 0 aliphatic carbocycles. The predicted molar refractivity (Wildman–Crippen MR) is 69.9 cm³/mol. The molecule has 0 spiro atoms. The lowest BCUT2D eigenvalue weighted by molar-refractivity contribution is 0.112. The van der Waals surface area contributed by atoms with Crippen LogP contribution in [0.15, 0.2) is 39.1 Å². The van der Waals surface area contributed by atoms with Gasteiger partial charge in [0.1, 0.15) is 18.2 Å². The lowest BCUT2D eigenvalue weighted by atomic mass is 10.1. The number of aromatic nitrogens is 2. The maximum atomic E-state index is 11.3. The number of nitriles is 1. The van der Waals surface area contributed by atoms with E-state index in [0.29, 0.717) is 27.5 Å². The highest BCUT2D eigenvalue weighted by atomic mass is 32.2. The molecule has 0 aliphatic heterocycles. The molecular formula is C12H8N4O2S. The van der Waals surface area contributed by atoms with Crippen molar-refractivity contribution in [1.29, 1.82) is 5.26 Å². The van der Waals surface area contributed by atoms with Gasteiger partial charge in [0.2, 0.25) is 0 Å². The van der Waals surface area contributed by atoms with Crippen LogP contribution in [0.2, 0.25) is 0 Å². The highest BCUT2D eigenvalue weighted by molar-refractivity contribution is 7.99. The number of nitrogen functional groups attached to an aromatic ring is 1. The lowest BCUT2D eigenvalue weighted by Gasteiger charge is -2.04. The number of aromatic amines is 1. The first-order valence-corrected chi connectivity index (χ1v) is 5.98. The number of nitrogens with zero attached hydrogens (tertiary/aromatic N) is 2. The fourth-order valence-corrected chi connectivity index (χ4v) is 2.26. The first kappa shape index (κ1) is 12.9. The van der Waals surface area contributed by atoms with Crippen molar-refractivity contribution in [3.8, 4) is 6.07 Å². The molecule has 0 aliphatic rings. The van der Waals surface area contributed by atoms with E-state index in [-0.39, 0.29) is 11.4 Å². The Balaban J connectivity index is 2.41. The Bertz CT molecular complexity index is 733. The maximum absolute atomic E-state index is 11.3. The van der Waals surface area contributed by atoms with Crippen molar-refractivity contribution >= 4 is 23.9 Å². The zero-order chi connectivity index (χ0) is 13.8. The van der Waals surface area contributed by atoms with Gasteiger partial charge in [-0.3, -0.25) is 9.59 Å². The molecule has 7 heteroatoms. The number of hydrogen-bond acceptors (Lipinski definition) is 6. The summed E-state index contributed by atoms with van der Waals surface area (Å²) >= 11 is 1.10. The fraction of sp³-hybridized carbons (Fsp3) is 0. The van der Waals surface area contributed by atoms with Gasteiger partial charge in [-0.25, -0.2) is 4.98 Å². The Labute approximate surface area is 112 Å². The van der Waals surface area contributed by atoms with E-state index in [4.69, 9.17) is 11.0 Å². The molecule has 0 radical (unpaired) electrons. The summed E-state index contributed by atoms with van der Waals surface area (Å²) in [5, 5.41) is 9.32. The van der Waals surface area contributed by atoms with Gasteiger partial charge < -0.3 is 10.7 Å². The maximum Gasteiger partial charge on any atom is 0.253 e. The molecular weight excluding hydrogens is 264 g/mol. The van der Waals surface area contributed by atoms with Gasteiger partial charge in [0.15, 0.2) is 5.16 Å². The van der Waals surface area contributed by atoms with Crippen LogP contribution >= 0.6 is 11.8 Å². The molecule has 0 saturated carbocycles. The van der Waals surface area contributed by atoms with Crippen LogP contribution in [0.3, 0.4) is 0 Å². The summed E-state index contributed by atoms with van der Waals surface area (Å²) in [6.45, 7) is 0. The normalized spacial score (nSPS) is 9.84. The van der Waals surface area contributed by atoms with Gasteiger partial charge >= 0.3 is 0 Å². The minimum Gasteiger partial charge on any atom is -0.383 e. The minimum absolute atomic E-state index is 0.106. The third-order valence-corrected chi connectivity index (χ3v) is 3.17. The highest BCUT2D eigenvalue weighted by Gasteiger charge is 2.08. The van der Waals surface area contributed by atoms with E-state index in [1.807, 2.05) is 6.07 Å². The van der Waals surface area contributed by atoms with Crippen LogP contribution in [0.5, 0.6) is 0 Å². The molecule has 6 nitrogen and oxygen atoms in total. The molecule has 0 bridgehead atoms. The predicted octanol–water partition coefficient (Wildman–Crippen LogP) is 1.19. The molecule has 0 unspecified atom stereocenters. The zero-order valence-electron chi connectivity index (χ0n) is 9.58. The summed E-state index contributed by atoms with van der Waals surface area (Å²) < 4.78 is 0. The fourth-order valence-electron chi connectivity index (χ4n) is 1.40. The van der Waals surface area contributed by atoms with E-state index in [1.165, 1.54) is 12.1 Å². The van der Waals surface area contributed by atoms with E-state index in [2.05, 4.69) is 9.97 Å². The quantitative estimate of drug-likeness (QED) is 0.641. The van der Waals surface area contributed by atoms with Crippen LogP contribution in [0, 0.1) is 11.3 Å². The average Bonchev–Trinajstić information content (AvgIpc) is 2.38. The number of carbonyl (C=O) groups is 1. The van der Waals surface area contributed by atoms with Crippen LogP contribution < -0.4 is 11.3 Å². The van der Waals surface area contributed by atoms with Crippen LogP contribution in [0.25, 0.3) is 0 Å². The van der Waals surface area contributed by atoms with E-state index in [0.717, 1.165) is 11.8 Å². The summed E-state index contributed by atoms with van der Waals surface area (Å²) in [4.78, 5) is 28.9. The summed E-state index contributed by atoms with van der Waals surface area (Å²) in [5.41, 5.74) is 5.86. The number of rotatable bonds is 3. The molecule has 0 saturated heterocycles. The van der Waals surface area contributed by atoms with E-state index in [9.17, 15) is 9.59 Å². The largest absolute Gasteiger partial charge is 0.383 e. The molecule has 2 aromatic rings. The summed E-state index contributed by atoms with van der Waals surface area (Å²) in [7, 11) is 0. The second-order valence-corrected chi connectivity index (χ2v) is 4.59. The number of H-pyrrole nitrogens is 1. The molecule has 0 fully saturated rings. The Morgan fingerprint density at radius 1 is 1.42 bits per heavy atom. The van der Waals surface area contributed by atoms with Crippen molar-refractivity contribution in [2.75, 3.05) is 5.73 Å². The second-order valence-electron chi connectivity index (χ2n) is 3.56. The van der Waals surface area contributed by atoms with Gasteiger partial charge in [-0.1, -0.05) is 17.8 Å².